The maximum atomic E-state index is 12.0. The van der Waals surface area contributed by atoms with Crippen molar-refractivity contribution in [3.63, 3.8) is 0 Å². The van der Waals surface area contributed by atoms with Crippen molar-refractivity contribution in [2.45, 2.75) is 6.42 Å². The first-order valence-corrected chi connectivity index (χ1v) is 8.30. The zero-order chi connectivity index (χ0) is 18.2. The van der Waals surface area contributed by atoms with Gasteiger partial charge in [0.15, 0.2) is 5.82 Å². The van der Waals surface area contributed by atoms with E-state index in [0.717, 1.165) is 11.1 Å². The summed E-state index contributed by atoms with van der Waals surface area (Å²) in [7, 11) is 1.57. The topological polar surface area (TPSA) is 76.1 Å². The maximum absolute atomic E-state index is 12.0. The molecule has 2 N–H and O–H groups in total. The number of methoxy groups -OCH3 is 1. The molecule has 0 unspecified atom stereocenters. The Balaban J connectivity index is 1.49. The molecular weight excluding hydrogens is 328 g/mol. The van der Waals surface area contributed by atoms with E-state index in [2.05, 4.69) is 20.6 Å². The van der Waals surface area contributed by atoms with Crippen LogP contribution in [-0.4, -0.2) is 29.7 Å². The Labute approximate surface area is 152 Å². The van der Waals surface area contributed by atoms with Gasteiger partial charge in [0.2, 0.25) is 0 Å². The van der Waals surface area contributed by atoms with E-state index >= 15 is 0 Å². The molecule has 1 aromatic heterocycles. The lowest BCUT2D eigenvalue weighted by Gasteiger charge is -2.10. The monoisotopic (exact) mass is 348 g/mol. The maximum Gasteiger partial charge on any atom is 0.319 e. The molecule has 0 fully saturated rings. The fourth-order valence-corrected chi connectivity index (χ4v) is 2.45. The van der Waals surface area contributed by atoms with E-state index in [1.807, 2.05) is 42.5 Å². The van der Waals surface area contributed by atoms with Crippen LogP contribution in [0, 0.1) is 0 Å². The fourth-order valence-electron chi connectivity index (χ4n) is 2.45. The third-order valence-electron chi connectivity index (χ3n) is 3.79. The van der Waals surface area contributed by atoms with Gasteiger partial charge >= 0.3 is 6.03 Å². The number of benzene rings is 2. The summed E-state index contributed by atoms with van der Waals surface area (Å²) in [4.78, 5) is 20.8. The number of hydrogen-bond acceptors (Lipinski definition) is 4. The summed E-state index contributed by atoms with van der Waals surface area (Å²) in [6.45, 7) is 0.481. The van der Waals surface area contributed by atoms with Gasteiger partial charge in [0.25, 0.3) is 0 Å². The molecule has 26 heavy (non-hydrogen) atoms. The standard InChI is InChI=1S/C20H20N4O2/c1-26-18-10-6-5-9-17(18)24-20(25)21-12-11-15-13-22-19(23-14-15)16-7-3-2-4-8-16/h2-10,13-14H,11-12H2,1H3,(H2,21,24,25). The number of nitrogens with zero attached hydrogens (tertiary/aromatic N) is 2. The van der Waals surface area contributed by atoms with Crippen molar-refractivity contribution >= 4 is 11.7 Å². The third-order valence-corrected chi connectivity index (χ3v) is 3.79. The molecule has 0 aliphatic rings. The number of urea groups is 1. The van der Waals surface area contributed by atoms with E-state index in [1.165, 1.54) is 0 Å². The van der Waals surface area contributed by atoms with Gasteiger partial charge in [-0.15, -0.1) is 0 Å². The number of carbonyl (C=O) groups is 1. The smallest absolute Gasteiger partial charge is 0.319 e. The Bertz CT molecular complexity index is 851. The number of anilines is 1. The minimum atomic E-state index is -0.281. The highest BCUT2D eigenvalue weighted by Gasteiger charge is 2.06. The second-order valence-corrected chi connectivity index (χ2v) is 5.61. The lowest BCUT2D eigenvalue weighted by molar-refractivity contribution is 0.252. The van der Waals surface area contributed by atoms with Crippen molar-refractivity contribution < 1.29 is 9.53 Å². The summed E-state index contributed by atoms with van der Waals surface area (Å²) < 4.78 is 5.21. The van der Waals surface area contributed by atoms with Gasteiger partial charge in [-0.25, -0.2) is 14.8 Å². The molecule has 2 aromatic carbocycles. The van der Waals surface area contributed by atoms with Crippen molar-refractivity contribution in [2.24, 2.45) is 0 Å². The molecule has 0 atom stereocenters. The molecule has 0 aliphatic carbocycles. The van der Waals surface area contributed by atoms with E-state index in [0.29, 0.717) is 30.2 Å². The molecule has 0 aliphatic heterocycles. The quantitative estimate of drug-likeness (QED) is 0.715. The van der Waals surface area contributed by atoms with Gasteiger partial charge in [0, 0.05) is 24.5 Å². The second kappa shape index (κ2) is 8.62. The molecule has 2 amide bonds. The number of rotatable bonds is 6. The first kappa shape index (κ1) is 17.4. The molecule has 6 heteroatoms. The van der Waals surface area contributed by atoms with Crippen LogP contribution < -0.4 is 15.4 Å². The largest absolute Gasteiger partial charge is 0.495 e. The molecule has 0 bridgehead atoms. The van der Waals surface area contributed by atoms with Crippen LogP contribution in [0.1, 0.15) is 5.56 Å². The molecule has 3 aromatic rings. The van der Waals surface area contributed by atoms with E-state index in [-0.39, 0.29) is 6.03 Å². The van der Waals surface area contributed by atoms with E-state index < -0.39 is 0 Å². The molecule has 0 spiro atoms. The zero-order valence-corrected chi connectivity index (χ0v) is 14.5. The first-order chi connectivity index (χ1) is 12.8. The summed E-state index contributed by atoms with van der Waals surface area (Å²) in [5, 5.41) is 5.59. The average Bonchev–Trinajstić information content (AvgIpc) is 2.69. The minimum absolute atomic E-state index is 0.281. The molecular formula is C20H20N4O2. The van der Waals surface area contributed by atoms with Crippen LogP contribution >= 0.6 is 0 Å². The number of para-hydroxylation sites is 2. The van der Waals surface area contributed by atoms with Gasteiger partial charge in [-0.3, -0.25) is 0 Å². The normalized spacial score (nSPS) is 10.2. The Kier molecular flexibility index (Phi) is 5.77. The van der Waals surface area contributed by atoms with Crippen molar-refractivity contribution in [1.82, 2.24) is 15.3 Å². The van der Waals surface area contributed by atoms with Gasteiger partial charge in [-0.05, 0) is 24.1 Å². The summed E-state index contributed by atoms with van der Waals surface area (Å²) in [6.07, 6.45) is 4.22. The number of hydrogen-bond donors (Lipinski definition) is 2. The van der Waals surface area contributed by atoms with Gasteiger partial charge < -0.3 is 15.4 Å². The van der Waals surface area contributed by atoms with Crippen molar-refractivity contribution in [3.8, 4) is 17.1 Å². The molecule has 132 valence electrons. The predicted molar refractivity (Wildman–Crippen MR) is 101 cm³/mol. The Morgan fingerprint density at radius 2 is 1.69 bits per heavy atom. The molecule has 0 saturated heterocycles. The van der Waals surface area contributed by atoms with E-state index in [4.69, 9.17) is 4.74 Å². The fraction of sp³-hybridized carbons (Fsp3) is 0.150. The Morgan fingerprint density at radius 1 is 1.00 bits per heavy atom. The van der Waals surface area contributed by atoms with Crippen molar-refractivity contribution in [3.05, 3.63) is 72.6 Å². The van der Waals surface area contributed by atoms with Gasteiger partial charge in [-0.1, -0.05) is 42.5 Å². The lowest BCUT2D eigenvalue weighted by Crippen LogP contribution is -2.30. The number of nitrogens with one attached hydrogen (secondary N) is 2. The number of amides is 2. The Morgan fingerprint density at radius 3 is 2.42 bits per heavy atom. The van der Waals surface area contributed by atoms with Crippen LogP contribution in [0.5, 0.6) is 5.75 Å². The first-order valence-electron chi connectivity index (χ1n) is 8.30. The molecule has 0 radical (unpaired) electrons. The molecule has 1 heterocycles. The lowest BCUT2D eigenvalue weighted by atomic mass is 10.2. The van der Waals surface area contributed by atoms with Crippen LogP contribution in [0.3, 0.4) is 0 Å². The van der Waals surface area contributed by atoms with Crippen molar-refractivity contribution in [2.75, 3.05) is 19.0 Å². The van der Waals surface area contributed by atoms with Crippen LogP contribution in [0.15, 0.2) is 67.0 Å². The molecule has 6 nitrogen and oxygen atoms in total. The van der Waals surface area contributed by atoms with Crippen LogP contribution in [0.2, 0.25) is 0 Å². The summed E-state index contributed by atoms with van der Waals surface area (Å²) in [6, 6.07) is 16.8. The number of ether oxygens (including phenoxy) is 1. The van der Waals surface area contributed by atoms with Crippen LogP contribution in [0.25, 0.3) is 11.4 Å². The highest BCUT2D eigenvalue weighted by atomic mass is 16.5. The Hall–Kier alpha value is -3.41. The number of aromatic nitrogens is 2. The molecule has 0 saturated carbocycles. The van der Waals surface area contributed by atoms with E-state index in [1.54, 1.807) is 31.6 Å². The van der Waals surface area contributed by atoms with Gasteiger partial charge in [0.1, 0.15) is 5.75 Å². The summed E-state index contributed by atoms with van der Waals surface area (Å²) >= 11 is 0. The minimum Gasteiger partial charge on any atom is -0.495 e. The zero-order valence-electron chi connectivity index (χ0n) is 14.5. The highest BCUT2D eigenvalue weighted by Crippen LogP contribution is 2.22. The second-order valence-electron chi connectivity index (χ2n) is 5.61. The van der Waals surface area contributed by atoms with E-state index in [9.17, 15) is 4.79 Å². The van der Waals surface area contributed by atoms with Crippen LogP contribution in [0.4, 0.5) is 10.5 Å². The van der Waals surface area contributed by atoms with Crippen LogP contribution in [-0.2, 0) is 6.42 Å². The summed E-state index contributed by atoms with van der Waals surface area (Å²) in [5.74, 6) is 1.31. The number of carbonyl (C=O) groups excluding carboxylic acids is 1. The van der Waals surface area contributed by atoms with Crippen molar-refractivity contribution in [1.29, 1.82) is 0 Å². The average molecular weight is 348 g/mol. The predicted octanol–water partition coefficient (Wildman–Crippen LogP) is 3.52. The SMILES string of the molecule is COc1ccccc1NC(=O)NCCc1cnc(-c2ccccc2)nc1. The third kappa shape index (κ3) is 4.57. The van der Waals surface area contributed by atoms with Gasteiger partial charge in [-0.2, -0.15) is 0 Å². The summed E-state index contributed by atoms with van der Waals surface area (Å²) in [5.41, 5.74) is 2.57. The molecule has 3 rings (SSSR count). The highest BCUT2D eigenvalue weighted by molar-refractivity contribution is 5.90. The van der Waals surface area contributed by atoms with Gasteiger partial charge in [0.05, 0.1) is 12.8 Å².